The van der Waals surface area contributed by atoms with Crippen molar-refractivity contribution in [2.75, 3.05) is 7.05 Å². The van der Waals surface area contributed by atoms with Crippen LogP contribution in [0.2, 0.25) is 0 Å². The SMILES string of the molecule is CCc1nc(COc2cc(C)ccc2C(C)NC)no1. The van der Waals surface area contributed by atoms with Crippen LogP contribution >= 0.6 is 0 Å². The van der Waals surface area contributed by atoms with E-state index in [-0.39, 0.29) is 6.04 Å². The fraction of sp³-hybridized carbons (Fsp3) is 0.467. The van der Waals surface area contributed by atoms with E-state index in [9.17, 15) is 0 Å². The summed E-state index contributed by atoms with van der Waals surface area (Å²) in [4.78, 5) is 4.24. The van der Waals surface area contributed by atoms with E-state index in [0.717, 1.165) is 23.3 Å². The molecule has 2 rings (SSSR count). The molecule has 0 aliphatic carbocycles. The van der Waals surface area contributed by atoms with Gasteiger partial charge in [0.15, 0.2) is 6.61 Å². The van der Waals surface area contributed by atoms with Crippen molar-refractivity contribution in [3.05, 3.63) is 41.0 Å². The lowest BCUT2D eigenvalue weighted by Gasteiger charge is -2.16. The van der Waals surface area contributed by atoms with Gasteiger partial charge in [-0.1, -0.05) is 24.2 Å². The minimum absolute atomic E-state index is 0.224. The van der Waals surface area contributed by atoms with Gasteiger partial charge >= 0.3 is 0 Å². The van der Waals surface area contributed by atoms with Crippen LogP contribution in [0.15, 0.2) is 22.7 Å². The standard InChI is InChI=1S/C15H21N3O2/c1-5-15-17-14(18-20-15)9-19-13-8-10(2)6-7-12(13)11(3)16-4/h6-8,11,16H,5,9H2,1-4H3. The summed E-state index contributed by atoms with van der Waals surface area (Å²) in [5.41, 5.74) is 2.28. The zero-order valence-corrected chi connectivity index (χ0v) is 12.4. The van der Waals surface area contributed by atoms with E-state index in [2.05, 4.69) is 34.5 Å². The highest BCUT2D eigenvalue weighted by molar-refractivity contribution is 5.39. The summed E-state index contributed by atoms with van der Waals surface area (Å²) in [5.74, 6) is 2.07. The number of rotatable bonds is 6. The van der Waals surface area contributed by atoms with Crippen LogP contribution in [0.1, 0.15) is 42.7 Å². The first-order valence-corrected chi connectivity index (χ1v) is 6.86. The minimum Gasteiger partial charge on any atom is -0.485 e. The second-order valence-electron chi connectivity index (χ2n) is 4.80. The summed E-state index contributed by atoms with van der Waals surface area (Å²) in [5, 5.41) is 7.12. The topological polar surface area (TPSA) is 60.2 Å². The Kier molecular flexibility index (Phi) is 4.74. The van der Waals surface area contributed by atoms with Crippen molar-refractivity contribution in [1.29, 1.82) is 0 Å². The molecule has 0 bridgehead atoms. The second-order valence-corrected chi connectivity index (χ2v) is 4.80. The summed E-state index contributed by atoms with van der Waals surface area (Å²) in [6, 6.07) is 6.42. The van der Waals surface area contributed by atoms with Gasteiger partial charge in [0.1, 0.15) is 5.75 Å². The Hall–Kier alpha value is -1.88. The highest BCUT2D eigenvalue weighted by Gasteiger charge is 2.12. The third-order valence-electron chi connectivity index (χ3n) is 3.24. The van der Waals surface area contributed by atoms with Crippen LogP contribution in [0, 0.1) is 6.92 Å². The molecule has 0 aliphatic heterocycles. The van der Waals surface area contributed by atoms with Crippen molar-refractivity contribution in [3.63, 3.8) is 0 Å². The lowest BCUT2D eigenvalue weighted by Crippen LogP contribution is -2.14. The number of hydrogen-bond donors (Lipinski definition) is 1. The zero-order chi connectivity index (χ0) is 14.5. The Balaban J connectivity index is 2.13. The summed E-state index contributed by atoms with van der Waals surface area (Å²) < 4.78 is 10.9. The molecular formula is C15H21N3O2. The van der Waals surface area contributed by atoms with Gasteiger partial charge < -0.3 is 14.6 Å². The average molecular weight is 275 g/mol. The fourth-order valence-corrected chi connectivity index (χ4v) is 1.91. The Labute approximate surface area is 119 Å². The average Bonchev–Trinajstić information content (AvgIpc) is 2.92. The van der Waals surface area contributed by atoms with Crippen LogP contribution in [0.4, 0.5) is 0 Å². The van der Waals surface area contributed by atoms with Crippen LogP contribution in [-0.4, -0.2) is 17.2 Å². The van der Waals surface area contributed by atoms with Crippen LogP contribution < -0.4 is 10.1 Å². The van der Waals surface area contributed by atoms with Gasteiger partial charge in [0.2, 0.25) is 11.7 Å². The summed E-state index contributed by atoms with van der Waals surface area (Å²) in [6.07, 6.45) is 0.736. The Morgan fingerprint density at radius 2 is 2.20 bits per heavy atom. The number of nitrogens with one attached hydrogen (secondary N) is 1. The van der Waals surface area contributed by atoms with Gasteiger partial charge in [-0.3, -0.25) is 0 Å². The number of aromatic nitrogens is 2. The largest absolute Gasteiger partial charge is 0.485 e. The lowest BCUT2D eigenvalue weighted by atomic mass is 10.1. The quantitative estimate of drug-likeness (QED) is 0.878. The Morgan fingerprint density at radius 3 is 2.85 bits per heavy atom. The molecule has 0 radical (unpaired) electrons. The van der Waals surface area contributed by atoms with Crippen LogP contribution in [0.25, 0.3) is 0 Å². The van der Waals surface area contributed by atoms with Gasteiger partial charge in [0, 0.05) is 18.0 Å². The number of nitrogens with zero attached hydrogens (tertiary/aromatic N) is 2. The Morgan fingerprint density at radius 1 is 1.40 bits per heavy atom. The van der Waals surface area contributed by atoms with Gasteiger partial charge in [-0.25, -0.2) is 0 Å². The molecule has 1 unspecified atom stereocenters. The van der Waals surface area contributed by atoms with E-state index in [1.807, 2.05) is 27.0 Å². The van der Waals surface area contributed by atoms with E-state index in [1.54, 1.807) is 0 Å². The molecule has 5 nitrogen and oxygen atoms in total. The molecule has 1 aromatic heterocycles. The molecule has 0 spiro atoms. The molecule has 108 valence electrons. The van der Waals surface area contributed by atoms with Gasteiger partial charge in [-0.2, -0.15) is 4.98 Å². The highest BCUT2D eigenvalue weighted by atomic mass is 16.5. The normalized spacial score (nSPS) is 12.4. The minimum atomic E-state index is 0.224. The van der Waals surface area contributed by atoms with Crippen molar-refractivity contribution in [2.24, 2.45) is 0 Å². The predicted molar refractivity (Wildman–Crippen MR) is 76.7 cm³/mol. The molecule has 0 fully saturated rings. The highest BCUT2D eigenvalue weighted by Crippen LogP contribution is 2.26. The first-order valence-electron chi connectivity index (χ1n) is 6.86. The van der Waals surface area contributed by atoms with Crippen molar-refractivity contribution >= 4 is 0 Å². The molecule has 0 aliphatic rings. The number of benzene rings is 1. The van der Waals surface area contributed by atoms with Gasteiger partial charge in [-0.05, 0) is 32.5 Å². The maximum Gasteiger partial charge on any atom is 0.226 e. The molecule has 1 aromatic carbocycles. The van der Waals surface area contributed by atoms with Crippen LogP contribution in [-0.2, 0) is 13.0 Å². The monoisotopic (exact) mass is 275 g/mol. The molecule has 1 N–H and O–H groups in total. The number of ether oxygens (including phenoxy) is 1. The molecule has 20 heavy (non-hydrogen) atoms. The van der Waals surface area contributed by atoms with Crippen molar-refractivity contribution in [2.45, 2.75) is 39.8 Å². The predicted octanol–water partition coefficient (Wildman–Crippen LogP) is 2.80. The van der Waals surface area contributed by atoms with E-state index in [0.29, 0.717) is 18.3 Å². The number of aryl methyl sites for hydroxylation is 2. The van der Waals surface area contributed by atoms with E-state index in [4.69, 9.17) is 9.26 Å². The van der Waals surface area contributed by atoms with Crippen LogP contribution in [0.5, 0.6) is 5.75 Å². The fourth-order valence-electron chi connectivity index (χ4n) is 1.91. The first-order chi connectivity index (χ1) is 9.63. The van der Waals surface area contributed by atoms with Crippen molar-refractivity contribution in [3.8, 4) is 5.75 Å². The molecular weight excluding hydrogens is 254 g/mol. The van der Waals surface area contributed by atoms with Crippen molar-refractivity contribution in [1.82, 2.24) is 15.5 Å². The third kappa shape index (κ3) is 3.36. The first kappa shape index (κ1) is 14.5. The smallest absolute Gasteiger partial charge is 0.226 e. The Bertz CT molecular complexity index is 566. The molecule has 5 heteroatoms. The summed E-state index contributed by atoms with van der Waals surface area (Å²) in [6.45, 7) is 6.44. The maximum absolute atomic E-state index is 5.86. The van der Waals surface area contributed by atoms with Gasteiger partial charge in [0.25, 0.3) is 0 Å². The third-order valence-corrected chi connectivity index (χ3v) is 3.24. The van der Waals surface area contributed by atoms with E-state index in [1.165, 1.54) is 0 Å². The molecule has 1 atom stereocenters. The van der Waals surface area contributed by atoms with Gasteiger partial charge in [0.05, 0.1) is 0 Å². The second kappa shape index (κ2) is 6.52. The maximum atomic E-state index is 5.86. The molecule has 0 amide bonds. The summed E-state index contributed by atoms with van der Waals surface area (Å²) in [7, 11) is 1.93. The molecule has 0 saturated heterocycles. The molecule has 1 heterocycles. The summed E-state index contributed by atoms with van der Waals surface area (Å²) >= 11 is 0. The molecule has 0 saturated carbocycles. The van der Waals surface area contributed by atoms with Gasteiger partial charge in [-0.15, -0.1) is 0 Å². The number of hydrogen-bond acceptors (Lipinski definition) is 5. The van der Waals surface area contributed by atoms with E-state index >= 15 is 0 Å². The van der Waals surface area contributed by atoms with E-state index < -0.39 is 0 Å². The van der Waals surface area contributed by atoms with Crippen molar-refractivity contribution < 1.29 is 9.26 Å². The molecule has 2 aromatic rings. The lowest BCUT2D eigenvalue weighted by molar-refractivity contribution is 0.280. The van der Waals surface area contributed by atoms with Crippen LogP contribution in [0.3, 0.4) is 0 Å². The zero-order valence-electron chi connectivity index (χ0n) is 12.4.